The lowest BCUT2D eigenvalue weighted by Gasteiger charge is -2.55. The monoisotopic (exact) mass is 578 g/mol. The number of ketones is 1. The average molecular weight is 579 g/mol. The Morgan fingerprint density at radius 1 is 1.07 bits per heavy atom. The van der Waals surface area contributed by atoms with E-state index in [0.717, 1.165) is 37.9 Å². The summed E-state index contributed by atoms with van der Waals surface area (Å²) in [6, 6.07) is 8.52. The summed E-state index contributed by atoms with van der Waals surface area (Å²) in [5.74, 6) is 4.28. The van der Waals surface area contributed by atoms with Crippen LogP contribution in [0, 0.1) is 39.4 Å². The van der Waals surface area contributed by atoms with E-state index in [2.05, 4.69) is 47.2 Å². The smallest absolute Gasteiger partial charge is 0.372 e. The molecule has 7 heteroatoms. The van der Waals surface area contributed by atoms with Gasteiger partial charge in [0.05, 0.1) is 5.41 Å². The Labute approximate surface area is 247 Å². The Hall–Kier alpha value is -2.88. The number of nitroso groups, excluding NO2 is 1. The van der Waals surface area contributed by atoms with Gasteiger partial charge in [0.1, 0.15) is 6.04 Å². The van der Waals surface area contributed by atoms with E-state index in [4.69, 9.17) is 0 Å². The van der Waals surface area contributed by atoms with E-state index in [-0.39, 0.29) is 36.0 Å². The number of benzene rings is 1. The van der Waals surface area contributed by atoms with E-state index in [1.165, 1.54) is 41.7 Å². The van der Waals surface area contributed by atoms with Crippen molar-refractivity contribution in [1.82, 2.24) is 0 Å². The highest BCUT2D eigenvalue weighted by molar-refractivity contribution is 5.89. The van der Waals surface area contributed by atoms with Gasteiger partial charge in [-0.15, -0.1) is 0 Å². The van der Waals surface area contributed by atoms with Gasteiger partial charge in [0.15, 0.2) is 5.78 Å². The number of rotatable bonds is 5. The highest BCUT2D eigenvalue weighted by Gasteiger charge is 2.65. The molecule has 3 fully saturated rings. The molecule has 0 radical (unpaired) electrons. The van der Waals surface area contributed by atoms with Crippen molar-refractivity contribution in [2.45, 2.75) is 103 Å². The molecule has 2 unspecified atom stereocenters. The molecule has 42 heavy (non-hydrogen) atoms. The number of piperidine rings is 1. The highest BCUT2D eigenvalue weighted by Crippen LogP contribution is 2.70. The summed E-state index contributed by atoms with van der Waals surface area (Å²) in [4.78, 5) is 27.5. The van der Waals surface area contributed by atoms with E-state index >= 15 is 0 Å². The van der Waals surface area contributed by atoms with Gasteiger partial charge in [-0.3, -0.25) is 4.79 Å². The number of allylic oxidation sites excluding steroid dienone is 3. The Morgan fingerprint density at radius 2 is 1.81 bits per heavy atom. The lowest BCUT2D eigenvalue weighted by Crippen LogP contribution is -2.50. The third kappa shape index (κ3) is 4.83. The van der Waals surface area contributed by atoms with Crippen LogP contribution in [0.15, 0.2) is 52.2 Å². The van der Waals surface area contributed by atoms with Crippen LogP contribution in [0.5, 0.6) is 0 Å². The van der Waals surface area contributed by atoms with Gasteiger partial charge in [-0.2, -0.15) is 18.1 Å². The number of hydrogen-bond donors (Lipinski definition) is 0. The minimum Gasteiger partial charge on any atom is -0.372 e. The lowest BCUT2D eigenvalue weighted by molar-refractivity contribution is -0.132. The maximum absolute atomic E-state index is 13.7. The van der Waals surface area contributed by atoms with Gasteiger partial charge < -0.3 is 4.90 Å². The molecule has 1 aromatic carbocycles. The molecule has 1 aromatic rings. The Morgan fingerprint density at radius 3 is 2.48 bits per heavy atom. The Balaban J connectivity index is 1.48. The Bertz CT molecular complexity index is 1360. The molecule has 0 bridgehead atoms. The molecular formula is C35H41F3N2O2. The van der Waals surface area contributed by atoms with Crippen molar-refractivity contribution >= 4 is 11.5 Å². The number of nitrogens with zero attached hydrogens (tertiary/aromatic N) is 2. The van der Waals surface area contributed by atoms with Gasteiger partial charge in [0, 0.05) is 37.0 Å². The van der Waals surface area contributed by atoms with Crippen molar-refractivity contribution in [2.24, 2.45) is 27.8 Å². The number of fused-ring (bicyclic) bond motifs is 4. The zero-order valence-electron chi connectivity index (χ0n) is 24.7. The van der Waals surface area contributed by atoms with Crippen molar-refractivity contribution in [3.05, 3.63) is 57.5 Å². The molecule has 224 valence electrons. The maximum Gasteiger partial charge on any atom is 0.457 e. The van der Waals surface area contributed by atoms with Crippen LogP contribution in [0.2, 0.25) is 0 Å². The summed E-state index contributed by atoms with van der Waals surface area (Å²) in [7, 11) is 0. The molecule has 1 saturated heterocycles. The molecule has 2 saturated carbocycles. The van der Waals surface area contributed by atoms with Crippen molar-refractivity contribution in [3.8, 4) is 11.8 Å². The number of carbonyl (C=O) groups is 1. The molecule has 1 aliphatic heterocycles. The molecule has 0 amide bonds. The number of Topliss-reactive ketones (excluding diaryl/α,β-unsaturated/α-hetero) is 1. The fourth-order valence-corrected chi connectivity index (χ4v) is 9.47. The second kappa shape index (κ2) is 11.0. The van der Waals surface area contributed by atoms with Gasteiger partial charge in [-0.25, -0.2) is 0 Å². The molecule has 0 aromatic heterocycles. The minimum atomic E-state index is -4.64. The first-order chi connectivity index (χ1) is 20.1. The van der Waals surface area contributed by atoms with E-state index in [9.17, 15) is 22.9 Å². The first-order valence-electron chi connectivity index (χ1n) is 15.9. The summed E-state index contributed by atoms with van der Waals surface area (Å²) in [6.45, 7) is 5.93. The second-order valence-electron chi connectivity index (χ2n) is 13.4. The molecule has 5 aliphatic rings. The van der Waals surface area contributed by atoms with Crippen LogP contribution in [-0.4, -0.2) is 31.1 Å². The van der Waals surface area contributed by atoms with Crippen LogP contribution in [0.1, 0.15) is 96.0 Å². The number of carbonyl (C=O) groups excluding carboxylic acids is 1. The SMILES string of the molecule is CCC(=O)[C@@]1(C#CC(F)(F)F)CC[C@H]2[C@@H]3CCC4=CC(N=O)CCC4=C3C(c3ccc(N4CCCCC4)cc3)C[C@@]21C. The van der Waals surface area contributed by atoms with Crippen LogP contribution in [0.3, 0.4) is 0 Å². The molecule has 6 rings (SSSR count). The fraction of sp³-hybridized carbons (Fsp3) is 0.629. The molecule has 6 atom stereocenters. The molecule has 4 aliphatic carbocycles. The molecule has 0 spiro atoms. The zero-order chi connectivity index (χ0) is 29.7. The summed E-state index contributed by atoms with van der Waals surface area (Å²) in [6.07, 6.45) is 6.12. The predicted molar refractivity (Wildman–Crippen MR) is 159 cm³/mol. The third-order valence-corrected chi connectivity index (χ3v) is 11.4. The molecule has 4 nitrogen and oxygen atoms in total. The van der Waals surface area contributed by atoms with Crippen LogP contribution in [0.25, 0.3) is 0 Å². The lowest BCUT2D eigenvalue weighted by atomic mass is 9.48. The summed E-state index contributed by atoms with van der Waals surface area (Å²) in [5, 5.41) is 3.33. The van der Waals surface area contributed by atoms with Crippen molar-refractivity contribution in [1.29, 1.82) is 0 Å². The first kappa shape index (κ1) is 29.2. The third-order valence-electron chi connectivity index (χ3n) is 11.4. The van der Waals surface area contributed by atoms with Crippen molar-refractivity contribution < 1.29 is 18.0 Å². The standard InChI is InChI=1S/C35H41F3N2O2/c1-3-31(41)34(17-18-35(36,37)38)16-15-30-28-13-9-24-21-25(39-42)10-14-27(24)32(28)29(22-33(30,34)2)23-7-11-26(12-8-23)40-19-5-4-6-20-40/h7-8,11-12,21,25,28-30H,3-6,9-10,13-16,19-20,22H2,1-2H3/t25?,28-,29?,30-,33-,34-/m0/s1. The van der Waals surface area contributed by atoms with E-state index in [1.807, 2.05) is 6.08 Å². The largest absolute Gasteiger partial charge is 0.457 e. The summed E-state index contributed by atoms with van der Waals surface area (Å²) < 4.78 is 40.5. The van der Waals surface area contributed by atoms with E-state index in [0.29, 0.717) is 25.7 Å². The topological polar surface area (TPSA) is 49.7 Å². The van der Waals surface area contributed by atoms with Gasteiger partial charge in [0.25, 0.3) is 0 Å². The highest BCUT2D eigenvalue weighted by atomic mass is 19.4. The quantitative estimate of drug-likeness (QED) is 0.259. The van der Waals surface area contributed by atoms with Crippen molar-refractivity contribution in [3.63, 3.8) is 0 Å². The summed E-state index contributed by atoms with van der Waals surface area (Å²) in [5.41, 5.74) is 4.34. The number of anilines is 1. The van der Waals surface area contributed by atoms with Crippen LogP contribution in [-0.2, 0) is 4.79 Å². The van der Waals surface area contributed by atoms with Crippen LogP contribution < -0.4 is 4.90 Å². The zero-order valence-corrected chi connectivity index (χ0v) is 24.7. The van der Waals surface area contributed by atoms with E-state index in [1.54, 1.807) is 12.8 Å². The first-order valence-corrected chi connectivity index (χ1v) is 15.9. The van der Waals surface area contributed by atoms with Gasteiger partial charge in [-0.1, -0.05) is 48.7 Å². The average Bonchev–Trinajstić information content (AvgIpc) is 3.31. The van der Waals surface area contributed by atoms with Crippen LogP contribution in [0.4, 0.5) is 18.9 Å². The number of alkyl halides is 3. The van der Waals surface area contributed by atoms with Gasteiger partial charge in [0.2, 0.25) is 0 Å². The maximum atomic E-state index is 13.7. The van der Waals surface area contributed by atoms with Gasteiger partial charge in [-0.05, 0) is 110 Å². The van der Waals surface area contributed by atoms with Gasteiger partial charge >= 0.3 is 6.18 Å². The summed E-state index contributed by atoms with van der Waals surface area (Å²) >= 11 is 0. The second-order valence-corrected chi connectivity index (χ2v) is 13.4. The molecule has 0 N–H and O–H groups in total. The normalized spacial score (nSPS) is 34.4. The minimum absolute atomic E-state index is 0.0130. The molecule has 1 heterocycles. The van der Waals surface area contributed by atoms with Crippen molar-refractivity contribution in [2.75, 3.05) is 18.0 Å². The Kier molecular flexibility index (Phi) is 7.64. The predicted octanol–water partition coefficient (Wildman–Crippen LogP) is 8.67. The van der Waals surface area contributed by atoms with E-state index < -0.39 is 17.0 Å². The number of halogens is 3. The fourth-order valence-electron chi connectivity index (χ4n) is 9.47. The molecular weight excluding hydrogens is 537 g/mol. The van der Waals surface area contributed by atoms with Crippen LogP contribution >= 0.6 is 0 Å². The number of hydrogen-bond acceptors (Lipinski definition) is 4.